The molecule has 0 N–H and O–H groups in total. The van der Waals surface area contributed by atoms with Crippen molar-refractivity contribution in [1.82, 2.24) is 0 Å². The molecule has 1 aromatic carbocycles. The van der Waals surface area contributed by atoms with E-state index in [4.69, 9.17) is 0 Å². The maximum atomic E-state index is 2.83. The van der Waals surface area contributed by atoms with Gasteiger partial charge in [-0.05, 0) is 0 Å². The first-order chi connectivity index (χ1) is 7.75. The maximum absolute atomic E-state index is 2.83. The molecule has 4 unspecified atom stereocenters. The van der Waals surface area contributed by atoms with E-state index in [1.807, 2.05) is 0 Å². The van der Waals surface area contributed by atoms with Crippen molar-refractivity contribution >= 4 is 86.7 Å². The van der Waals surface area contributed by atoms with Gasteiger partial charge < -0.3 is 0 Å². The molecular formula is C7H8INP4Se3. The summed E-state index contributed by atoms with van der Waals surface area (Å²) in [4.78, 5) is 0. The van der Waals surface area contributed by atoms with Crippen molar-refractivity contribution in [2.24, 2.45) is 0 Å². The Balaban J connectivity index is 2.04. The summed E-state index contributed by atoms with van der Waals surface area (Å²) in [5.41, 5.74) is 1.48. The number of hydrogen-bond acceptors (Lipinski definition) is 1. The molecule has 2 aromatic heterocycles. The van der Waals surface area contributed by atoms with Gasteiger partial charge in [0.1, 0.15) is 0 Å². The predicted octanol–water partition coefficient (Wildman–Crippen LogP) is 4.78. The molecule has 2 bridgehead atoms. The molecule has 0 amide bonds. The third kappa shape index (κ3) is 2.68. The molecule has 3 rings (SSSR count). The second-order valence-electron chi connectivity index (χ2n) is 3.06. The molecule has 86 valence electrons. The van der Waals surface area contributed by atoms with Crippen LogP contribution in [0.25, 0.3) is 0 Å². The van der Waals surface area contributed by atoms with Gasteiger partial charge in [0, 0.05) is 0 Å². The van der Waals surface area contributed by atoms with Crippen LogP contribution in [0.2, 0.25) is 0 Å². The summed E-state index contributed by atoms with van der Waals surface area (Å²) in [6.45, 7) is 0. The minimum atomic E-state index is 0.333. The fourth-order valence-corrected chi connectivity index (χ4v) is 270. The van der Waals surface area contributed by atoms with Gasteiger partial charge in [0.15, 0.2) is 0 Å². The van der Waals surface area contributed by atoms with Gasteiger partial charge in [-0.3, -0.25) is 0 Å². The van der Waals surface area contributed by atoms with E-state index in [1.165, 1.54) is 5.69 Å². The van der Waals surface area contributed by atoms with E-state index < -0.39 is 0 Å². The van der Waals surface area contributed by atoms with E-state index >= 15 is 0 Å². The SMILES string of the molecule is CN(c1ccccc1)p1[se]p2[se]p1[se]p2I. The summed E-state index contributed by atoms with van der Waals surface area (Å²) in [5.74, 6) is 0. The second kappa shape index (κ2) is 5.87. The zero-order valence-corrected chi connectivity index (χ0v) is 19.1. The van der Waals surface area contributed by atoms with Gasteiger partial charge in [-0.25, -0.2) is 0 Å². The summed E-state index contributed by atoms with van der Waals surface area (Å²) < 4.78 is 4.45. The van der Waals surface area contributed by atoms with Gasteiger partial charge in [0.05, 0.1) is 0 Å². The number of halogens is 1. The predicted molar refractivity (Wildman–Crippen MR) is 93.8 cm³/mol. The zero-order chi connectivity index (χ0) is 11.1. The van der Waals surface area contributed by atoms with Gasteiger partial charge in [0.25, 0.3) is 0 Å². The average Bonchev–Trinajstić information content (AvgIpc) is 2.88. The average molecular weight is 594 g/mol. The molecule has 16 heavy (non-hydrogen) atoms. The van der Waals surface area contributed by atoms with Crippen molar-refractivity contribution < 1.29 is 0 Å². The molecular weight excluding hydrogens is 586 g/mol. The number of hydrogen-bond donors (Lipinski definition) is 0. The van der Waals surface area contributed by atoms with Crippen molar-refractivity contribution in [3.63, 3.8) is 0 Å². The number of rotatable bonds is 2. The second-order valence-corrected chi connectivity index (χ2v) is 62.8. The molecule has 4 atom stereocenters. The number of fused-ring (bicyclic) bond motifs is 2. The van der Waals surface area contributed by atoms with Crippen LogP contribution in [0.5, 0.6) is 0 Å². The third-order valence-electron chi connectivity index (χ3n) is 2.07. The molecule has 0 aliphatic rings. The Morgan fingerprint density at radius 3 is 2.38 bits per heavy atom. The van der Waals surface area contributed by atoms with E-state index in [-0.39, 0.29) is 0 Å². The number of nitrogens with zero attached hydrogens (tertiary/aromatic N) is 1. The van der Waals surface area contributed by atoms with E-state index in [9.17, 15) is 0 Å². The van der Waals surface area contributed by atoms with Gasteiger partial charge in [0.2, 0.25) is 0 Å². The summed E-state index contributed by atoms with van der Waals surface area (Å²) in [5, 5.41) is 0. The van der Waals surface area contributed by atoms with Crippen LogP contribution in [0, 0.1) is 0 Å². The van der Waals surface area contributed by atoms with Gasteiger partial charge in [-0.1, -0.05) is 0 Å². The summed E-state index contributed by atoms with van der Waals surface area (Å²) >= 11 is 6.13. The Bertz CT molecular complexity index is 618. The van der Waals surface area contributed by atoms with Gasteiger partial charge in [-0.15, -0.1) is 0 Å². The van der Waals surface area contributed by atoms with Gasteiger partial charge >= 0.3 is 129 Å². The Morgan fingerprint density at radius 1 is 1.06 bits per heavy atom. The fourth-order valence-electron chi connectivity index (χ4n) is 1.30. The molecule has 9 heteroatoms. The molecule has 0 fully saturated rings. The van der Waals surface area contributed by atoms with E-state index in [0.717, 1.165) is 40.8 Å². The first kappa shape index (κ1) is 13.5. The molecule has 2 heterocycles. The van der Waals surface area contributed by atoms with Crippen LogP contribution < -0.4 is 4.67 Å². The van der Waals surface area contributed by atoms with Crippen LogP contribution in [-0.2, 0) is 0 Å². The quantitative estimate of drug-likeness (QED) is 0.306. The number of anilines is 1. The molecule has 1 nitrogen and oxygen atoms in total. The molecule has 0 aliphatic heterocycles. The van der Waals surface area contributed by atoms with E-state index in [1.54, 1.807) is 0 Å². The van der Waals surface area contributed by atoms with Gasteiger partial charge in [-0.2, -0.15) is 0 Å². The van der Waals surface area contributed by atoms with Crippen LogP contribution in [0.4, 0.5) is 5.69 Å². The van der Waals surface area contributed by atoms with Crippen LogP contribution in [-0.4, -0.2) is 47.8 Å². The first-order valence-corrected chi connectivity index (χ1v) is 27.3. The van der Waals surface area contributed by atoms with Crippen molar-refractivity contribution in [2.75, 3.05) is 11.7 Å². The molecule has 3 aromatic rings. The molecule has 0 aliphatic carbocycles. The first-order valence-electron chi connectivity index (χ1n) is 4.45. The molecule has 0 spiro atoms. The summed E-state index contributed by atoms with van der Waals surface area (Å²) in [7, 11) is 2.36. The summed E-state index contributed by atoms with van der Waals surface area (Å²) in [6, 6.07) is 11.4. The zero-order valence-electron chi connectivity index (χ0n) is 8.23. The van der Waals surface area contributed by atoms with E-state index in [0.29, 0.717) is 18.2 Å². The van der Waals surface area contributed by atoms with Crippen LogP contribution >= 0.6 is 40.2 Å². The minimum absolute atomic E-state index is 0.333. The monoisotopic (exact) mass is 597 g/mol. The van der Waals surface area contributed by atoms with Crippen molar-refractivity contribution in [1.29, 1.82) is 0 Å². The topological polar surface area (TPSA) is 3.24 Å². The molecule has 0 saturated carbocycles. The Labute approximate surface area is 127 Å². The standard InChI is InChI=1S/C7H8INP4Se3/c1-9(7-5-3-2-4-6-7)11-13-14-10(8)12(15-11)16-13/h2-6H,1H3. The Morgan fingerprint density at radius 2 is 1.81 bits per heavy atom. The van der Waals surface area contributed by atoms with Crippen LogP contribution in [0.15, 0.2) is 30.3 Å². The fraction of sp³-hybridized carbons (Fsp3) is 0.143. The third-order valence-corrected chi connectivity index (χ3v) is 134. The molecule has 0 radical (unpaired) electrons. The Hall–Kier alpha value is 2.51. The van der Waals surface area contributed by atoms with Crippen molar-refractivity contribution in [3.05, 3.63) is 30.3 Å². The van der Waals surface area contributed by atoms with E-state index in [2.05, 4.69) is 64.1 Å². The van der Waals surface area contributed by atoms with Crippen molar-refractivity contribution in [2.45, 2.75) is 0 Å². The Kier molecular flexibility index (Phi) is 4.95. The number of para-hydroxylation sites is 1. The van der Waals surface area contributed by atoms with Crippen LogP contribution in [0.3, 0.4) is 0 Å². The van der Waals surface area contributed by atoms with Crippen molar-refractivity contribution in [3.8, 4) is 0 Å². The summed E-state index contributed by atoms with van der Waals surface area (Å²) in [6.07, 6.45) is 0. The number of benzene rings is 1. The normalized spacial score (nSPS) is 15.6. The molecule has 0 saturated heterocycles. The van der Waals surface area contributed by atoms with Crippen LogP contribution in [0.1, 0.15) is 0 Å².